The highest BCUT2D eigenvalue weighted by atomic mass is 32.2. The Labute approximate surface area is 121 Å². The first-order valence-electron chi connectivity index (χ1n) is 6.89. The van der Waals surface area contributed by atoms with E-state index in [1.165, 1.54) is 9.87 Å². The molecule has 1 saturated heterocycles. The van der Waals surface area contributed by atoms with Crippen LogP contribution in [-0.4, -0.2) is 50.3 Å². The molecule has 0 aromatic heterocycles. The minimum absolute atomic E-state index is 0.415. The zero-order valence-corrected chi connectivity index (χ0v) is 13.2. The van der Waals surface area contributed by atoms with Crippen LogP contribution in [0.25, 0.3) is 0 Å². The lowest BCUT2D eigenvalue weighted by molar-refractivity contribution is 0.324. The Morgan fingerprint density at radius 3 is 2.50 bits per heavy atom. The molecule has 0 radical (unpaired) electrons. The normalized spacial score (nSPS) is 17.6. The van der Waals surface area contributed by atoms with Gasteiger partial charge in [0.2, 0.25) is 0 Å². The van der Waals surface area contributed by atoms with Gasteiger partial charge in [-0.1, -0.05) is 23.8 Å². The van der Waals surface area contributed by atoms with Gasteiger partial charge in [0.25, 0.3) is 10.2 Å². The van der Waals surface area contributed by atoms with Gasteiger partial charge in [-0.25, -0.2) is 0 Å². The Morgan fingerprint density at radius 1 is 1.25 bits per heavy atom. The van der Waals surface area contributed by atoms with E-state index >= 15 is 0 Å². The van der Waals surface area contributed by atoms with Gasteiger partial charge in [-0.05, 0) is 25.0 Å². The van der Waals surface area contributed by atoms with Crippen LogP contribution in [0.15, 0.2) is 18.2 Å². The second-order valence-electron chi connectivity index (χ2n) is 5.34. The molecule has 112 valence electrons. The highest BCUT2D eigenvalue weighted by molar-refractivity contribution is 7.86. The number of nitrogens with one attached hydrogen (secondary N) is 1. The minimum Gasteiger partial charge on any atom is -0.314 e. The first kappa shape index (κ1) is 15.4. The second-order valence-corrected chi connectivity index (χ2v) is 7.38. The maximum Gasteiger partial charge on any atom is 0.282 e. The van der Waals surface area contributed by atoms with Gasteiger partial charge in [-0.3, -0.25) is 0 Å². The summed E-state index contributed by atoms with van der Waals surface area (Å²) in [6.07, 6.45) is 0. The third kappa shape index (κ3) is 3.38. The van der Waals surface area contributed by atoms with Crippen LogP contribution >= 0.6 is 0 Å². The van der Waals surface area contributed by atoms with E-state index in [2.05, 4.69) is 11.4 Å². The number of piperazine rings is 1. The molecule has 0 spiro atoms. The van der Waals surface area contributed by atoms with E-state index in [1.807, 2.05) is 26.0 Å². The molecular formula is C14H23N3O2S. The van der Waals surface area contributed by atoms with Crippen molar-refractivity contribution in [3.8, 4) is 0 Å². The molecule has 20 heavy (non-hydrogen) atoms. The largest absolute Gasteiger partial charge is 0.314 e. The molecule has 1 aromatic carbocycles. The molecule has 0 atom stereocenters. The quantitative estimate of drug-likeness (QED) is 0.898. The van der Waals surface area contributed by atoms with Gasteiger partial charge in [0.15, 0.2) is 0 Å². The standard InChI is InChI=1S/C14H23N3O2S/c1-12-4-5-14(13(2)10-12)11-16(3)20(18,19)17-8-6-15-7-9-17/h4-5,10,15H,6-9,11H2,1-3H3. The van der Waals surface area contributed by atoms with Crippen molar-refractivity contribution in [2.75, 3.05) is 33.2 Å². The van der Waals surface area contributed by atoms with Crippen LogP contribution in [0.3, 0.4) is 0 Å². The molecule has 1 fully saturated rings. The van der Waals surface area contributed by atoms with Crippen LogP contribution in [0.4, 0.5) is 0 Å². The molecule has 0 amide bonds. The van der Waals surface area contributed by atoms with Gasteiger partial charge in [-0.15, -0.1) is 0 Å². The fraction of sp³-hybridized carbons (Fsp3) is 0.571. The summed E-state index contributed by atoms with van der Waals surface area (Å²) in [6.45, 7) is 7.00. The van der Waals surface area contributed by atoms with Crippen molar-refractivity contribution in [2.45, 2.75) is 20.4 Å². The molecule has 1 heterocycles. The lowest BCUT2D eigenvalue weighted by atomic mass is 10.1. The summed E-state index contributed by atoms with van der Waals surface area (Å²) in [5.74, 6) is 0. The van der Waals surface area contributed by atoms with Crippen molar-refractivity contribution < 1.29 is 8.42 Å². The van der Waals surface area contributed by atoms with E-state index in [0.717, 1.165) is 24.2 Å². The van der Waals surface area contributed by atoms with Gasteiger partial charge in [0, 0.05) is 39.8 Å². The molecule has 0 aliphatic carbocycles. The minimum atomic E-state index is -3.36. The predicted molar refractivity (Wildman–Crippen MR) is 80.7 cm³/mol. The summed E-state index contributed by atoms with van der Waals surface area (Å²) in [5.41, 5.74) is 3.38. The topological polar surface area (TPSA) is 52.7 Å². The van der Waals surface area contributed by atoms with Gasteiger partial charge in [0.05, 0.1) is 0 Å². The second kappa shape index (κ2) is 6.22. The highest BCUT2D eigenvalue weighted by Gasteiger charge is 2.28. The molecule has 2 rings (SSSR count). The van der Waals surface area contributed by atoms with Crippen LogP contribution in [0, 0.1) is 13.8 Å². The smallest absolute Gasteiger partial charge is 0.282 e. The number of hydrogen-bond acceptors (Lipinski definition) is 3. The van der Waals surface area contributed by atoms with Crippen LogP contribution in [0.5, 0.6) is 0 Å². The van der Waals surface area contributed by atoms with E-state index in [-0.39, 0.29) is 0 Å². The average molecular weight is 297 g/mol. The summed E-state index contributed by atoms with van der Waals surface area (Å²) < 4.78 is 28.0. The highest BCUT2D eigenvalue weighted by Crippen LogP contribution is 2.16. The van der Waals surface area contributed by atoms with Crippen molar-refractivity contribution >= 4 is 10.2 Å². The van der Waals surface area contributed by atoms with Gasteiger partial charge < -0.3 is 5.32 Å². The summed E-state index contributed by atoms with van der Waals surface area (Å²) in [7, 11) is -1.71. The zero-order valence-electron chi connectivity index (χ0n) is 12.4. The molecular weight excluding hydrogens is 274 g/mol. The van der Waals surface area contributed by atoms with Gasteiger partial charge in [-0.2, -0.15) is 17.0 Å². The summed E-state index contributed by atoms with van der Waals surface area (Å²) >= 11 is 0. The van der Waals surface area contributed by atoms with E-state index < -0.39 is 10.2 Å². The maximum absolute atomic E-state index is 12.5. The van der Waals surface area contributed by atoms with E-state index in [9.17, 15) is 8.42 Å². The SMILES string of the molecule is Cc1ccc(CN(C)S(=O)(=O)N2CCNCC2)c(C)c1. The molecule has 0 unspecified atom stereocenters. The summed E-state index contributed by atoms with van der Waals surface area (Å²) in [6, 6.07) is 6.11. The van der Waals surface area contributed by atoms with Crippen molar-refractivity contribution in [3.05, 3.63) is 34.9 Å². The van der Waals surface area contributed by atoms with Crippen LogP contribution < -0.4 is 5.32 Å². The lowest BCUT2D eigenvalue weighted by Crippen LogP contribution is -2.50. The third-order valence-corrected chi connectivity index (χ3v) is 5.62. The van der Waals surface area contributed by atoms with Crippen molar-refractivity contribution in [1.82, 2.24) is 13.9 Å². The van der Waals surface area contributed by atoms with Crippen LogP contribution in [0.2, 0.25) is 0 Å². The predicted octanol–water partition coefficient (Wildman–Crippen LogP) is 0.885. The zero-order chi connectivity index (χ0) is 14.8. The van der Waals surface area contributed by atoms with E-state index in [0.29, 0.717) is 19.6 Å². The molecule has 1 aliphatic rings. The van der Waals surface area contributed by atoms with Gasteiger partial charge >= 0.3 is 0 Å². The number of rotatable bonds is 4. The van der Waals surface area contributed by atoms with E-state index in [4.69, 9.17) is 0 Å². The molecule has 1 aliphatic heterocycles. The summed E-state index contributed by atoms with van der Waals surface area (Å²) in [4.78, 5) is 0. The Balaban J connectivity index is 2.12. The first-order valence-corrected chi connectivity index (χ1v) is 8.29. The molecule has 6 heteroatoms. The lowest BCUT2D eigenvalue weighted by Gasteiger charge is -2.30. The molecule has 0 bridgehead atoms. The van der Waals surface area contributed by atoms with Crippen LogP contribution in [0.1, 0.15) is 16.7 Å². The first-order chi connectivity index (χ1) is 9.41. The monoisotopic (exact) mass is 297 g/mol. The average Bonchev–Trinajstić information content (AvgIpc) is 2.42. The Morgan fingerprint density at radius 2 is 1.90 bits per heavy atom. The van der Waals surface area contributed by atoms with E-state index in [1.54, 1.807) is 11.4 Å². The fourth-order valence-corrected chi connectivity index (χ4v) is 3.76. The number of hydrogen-bond donors (Lipinski definition) is 1. The molecule has 1 aromatic rings. The van der Waals surface area contributed by atoms with Crippen LogP contribution in [-0.2, 0) is 16.8 Å². The number of aryl methyl sites for hydroxylation is 2. The molecule has 0 saturated carbocycles. The van der Waals surface area contributed by atoms with Crippen molar-refractivity contribution in [2.24, 2.45) is 0 Å². The fourth-order valence-electron chi connectivity index (χ4n) is 2.42. The Kier molecular flexibility index (Phi) is 4.80. The van der Waals surface area contributed by atoms with Gasteiger partial charge in [0.1, 0.15) is 0 Å². The van der Waals surface area contributed by atoms with Crippen molar-refractivity contribution in [1.29, 1.82) is 0 Å². The Bertz CT molecular complexity index is 566. The maximum atomic E-state index is 12.5. The third-order valence-electron chi connectivity index (χ3n) is 3.69. The number of benzene rings is 1. The number of nitrogens with zero attached hydrogens (tertiary/aromatic N) is 2. The summed E-state index contributed by atoms with van der Waals surface area (Å²) in [5, 5.41) is 3.17. The van der Waals surface area contributed by atoms with Crippen molar-refractivity contribution in [3.63, 3.8) is 0 Å². The molecule has 5 nitrogen and oxygen atoms in total. The Hall–Kier alpha value is -0.950. The molecule has 1 N–H and O–H groups in total.